The number of carbonyl (C=O) groups is 3. The number of nitrogens with zero attached hydrogens (tertiary/aromatic N) is 2. The van der Waals surface area contributed by atoms with Crippen LogP contribution < -0.4 is 5.73 Å². The third-order valence-electron chi connectivity index (χ3n) is 8.45. The van der Waals surface area contributed by atoms with Gasteiger partial charge in [0.2, 0.25) is 11.8 Å². The molecule has 1 aliphatic carbocycles. The average molecular weight is 558 g/mol. The Morgan fingerprint density at radius 2 is 1.61 bits per heavy atom. The van der Waals surface area contributed by atoms with Crippen molar-refractivity contribution in [3.05, 3.63) is 111 Å². The van der Waals surface area contributed by atoms with Crippen LogP contribution in [0.5, 0.6) is 0 Å². The molecular formula is C32H32FN3O5. The maximum absolute atomic E-state index is 14.5. The van der Waals surface area contributed by atoms with Gasteiger partial charge in [-0.3, -0.25) is 24.5 Å². The van der Waals surface area contributed by atoms with Gasteiger partial charge in [0, 0.05) is 29.5 Å². The zero-order valence-corrected chi connectivity index (χ0v) is 22.7. The summed E-state index contributed by atoms with van der Waals surface area (Å²) in [5, 5.41) is 11.7. The zero-order chi connectivity index (χ0) is 29.3. The molecule has 1 aliphatic heterocycles. The number of nitrogens with two attached hydrogens (primary N) is 1. The van der Waals surface area contributed by atoms with Crippen LogP contribution in [0.3, 0.4) is 0 Å². The Hall–Kier alpha value is -4.40. The lowest BCUT2D eigenvalue weighted by atomic mass is 9.76. The van der Waals surface area contributed by atoms with Crippen molar-refractivity contribution in [1.29, 1.82) is 0 Å². The highest BCUT2D eigenvalue weighted by Gasteiger charge is 2.57. The molecule has 0 spiro atoms. The van der Waals surface area contributed by atoms with E-state index in [-0.39, 0.29) is 23.3 Å². The highest BCUT2D eigenvalue weighted by Crippen LogP contribution is 2.52. The van der Waals surface area contributed by atoms with E-state index in [9.17, 15) is 28.9 Å². The van der Waals surface area contributed by atoms with Gasteiger partial charge in [-0.15, -0.1) is 0 Å². The molecule has 0 aromatic heterocycles. The van der Waals surface area contributed by atoms with Crippen molar-refractivity contribution < 1.29 is 23.7 Å². The van der Waals surface area contributed by atoms with Gasteiger partial charge in [-0.2, -0.15) is 0 Å². The first kappa shape index (κ1) is 28.1. The molecule has 2 aliphatic rings. The minimum Gasteiger partial charge on any atom is -0.368 e. The summed E-state index contributed by atoms with van der Waals surface area (Å²) in [6.07, 6.45) is 4.00. The maximum atomic E-state index is 14.5. The van der Waals surface area contributed by atoms with Crippen molar-refractivity contribution in [3.63, 3.8) is 0 Å². The summed E-state index contributed by atoms with van der Waals surface area (Å²) in [5.74, 6) is -4.20. The number of likely N-dealkylation sites (tertiary alicyclic amines) is 1. The van der Waals surface area contributed by atoms with Crippen molar-refractivity contribution in [2.75, 3.05) is 0 Å². The number of Topliss-reactive ketones (excluding diaryl/α,β-unsaturated/α-hetero) is 1. The minimum atomic E-state index is -1.22. The van der Waals surface area contributed by atoms with Gasteiger partial charge < -0.3 is 10.6 Å². The number of amides is 2. The summed E-state index contributed by atoms with van der Waals surface area (Å²) in [4.78, 5) is 54.7. The van der Waals surface area contributed by atoms with Gasteiger partial charge in [-0.25, -0.2) is 4.39 Å². The van der Waals surface area contributed by atoms with E-state index in [0.29, 0.717) is 29.5 Å². The summed E-state index contributed by atoms with van der Waals surface area (Å²) in [5.41, 5.74) is 7.91. The highest BCUT2D eigenvalue weighted by molar-refractivity contribution is 6.02. The molecule has 212 valence electrons. The third-order valence-corrected chi connectivity index (χ3v) is 8.45. The zero-order valence-electron chi connectivity index (χ0n) is 22.7. The van der Waals surface area contributed by atoms with Gasteiger partial charge in [0.1, 0.15) is 11.9 Å². The van der Waals surface area contributed by atoms with E-state index in [0.717, 1.165) is 24.8 Å². The Bertz CT molecular complexity index is 1480. The van der Waals surface area contributed by atoms with Crippen LogP contribution in [0.15, 0.2) is 72.8 Å². The van der Waals surface area contributed by atoms with Crippen LogP contribution >= 0.6 is 0 Å². The summed E-state index contributed by atoms with van der Waals surface area (Å²) < 4.78 is 14.0. The molecular weight excluding hydrogens is 525 g/mol. The second-order valence-electron chi connectivity index (χ2n) is 11.1. The number of primary amides is 1. The normalized spacial score (nSPS) is 22.8. The number of hydrogen-bond acceptors (Lipinski definition) is 5. The number of nitro benzene ring substituents is 1. The molecule has 0 radical (unpaired) electrons. The Labute approximate surface area is 237 Å². The number of ketones is 1. The van der Waals surface area contributed by atoms with Gasteiger partial charge in [0.25, 0.3) is 5.69 Å². The van der Waals surface area contributed by atoms with E-state index in [1.54, 1.807) is 24.3 Å². The van der Waals surface area contributed by atoms with Crippen molar-refractivity contribution in [2.45, 2.75) is 57.0 Å². The lowest BCUT2D eigenvalue weighted by molar-refractivity contribution is -0.385. The summed E-state index contributed by atoms with van der Waals surface area (Å²) in [6, 6.07) is 16.1. The Kier molecular flexibility index (Phi) is 7.97. The summed E-state index contributed by atoms with van der Waals surface area (Å²) >= 11 is 0. The van der Waals surface area contributed by atoms with Crippen molar-refractivity contribution in [2.24, 2.45) is 17.6 Å². The van der Waals surface area contributed by atoms with E-state index in [1.807, 2.05) is 13.0 Å². The molecule has 2 amide bonds. The van der Waals surface area contributed by atoms with E-state index < -0.39 is 40.6 Å². The van der Waals surface area contributed by atoms with Crippen LogP contribution in [-0.2, 0) is 9.59 Å². The number of benzene rings is 3. The first-order valence-electron chi connectivity index (χ1n) is 13.9. The number of hydrogen-bond donors (Lipinski definition) is 1. The van der Waals surface area contributed by atoms with Crippen molar-refractivity contribution >= 4 is 23.3 Å². The first-order valence-corrected chi connectivity index (χ1v) is 13.9. The number of rotatable bonds is 7. The fourth-order valence-electron chi connectivity index (χ4n) is 6.62. The fourth-order valence-corrected chi connectivity index (χ4v) is 6.62. The molecule has 0 bridgehead atoms. The Morgan fingerprint density at radius 1 is 0.927 bits per heavy atom. The number of aryl methyl sites for hydroxylation is 1. The molecule has 2 fully saturated rings. The minimum absolute atomic E-state index is 0.199. The number of carbonyl (C=O) groups excluding carboxylic acids is 3. The van der Waals surface area contributed by atoms with E-state index in [2.05, 4.69) is 0 Å². The molecule has 2 N–H and O–H groups in total. The van der Waals surface area contributed by atoms with E-state index in [4.69, 9.17) is 5.73 Å². The van der Waals surface area contributed by atoms with Crippen LogP contribution in [0.25, 0.3) is 0 Å². The lowest BCUT2D eigenvalue weighted by Gasteiger charge is -2.35. The van der Waals surface area contributed by atoms with E-state index >= 15 is 0 Å². The van der Waals surface area contributed by atoms with Crippen LogP contribution in [0.1, 0.15) is 71.1 Å². The molecule has 8 nitrogen and oxygen atoms in total. The molecule has 1 saturated carbocycles. The topological polar surface area (TPSA) is 124 Å². The third kappa shape index (κ3) is 5.49. The second-order valence-corrected chi connectivity index (χ2v) is 11.1. The van der Waals surface area contributed by atoms with Gasteiger partial charge >= 0.3 is 0 Å². The number of nitro groups is 1. The van der Waals surface area contributed by atoms with Crippen molar-refractivity contribution in [1.82, 2.24) is 4.90 Å². The van der Waals surface area contributed by atoms with Crippen LogP contribution in [0, 0.1) is 34.7 Å². The largest absolute Gasteiger partial charge is 0.368 e. The number of halogens is 1. The van der Waals surface area contributed by atoms with Crippen LogP contribution in [0.4, 0.5) is 10.1 Å². The van der Waals surface area contributed by atoms with E-state index in [1.165, 1.54) is 47.4 Å². The Morgan fingerprint density at radius 3 is 2.24 bits per heavy atom. The molecule has 3 aromatic rings. The summed E-state index contributed by atoms with van der Waals surface area (Å²) in [6.45, 7) is 1.85. The smallest absolute Gasteiger partial charge is 0.269 e. The van der Waals surface area contributed by atoms with Crippen molar-refractivity contribution in [3.8, 4) is 0 Å². The molecule has 9 heteroatoms. The SMILES string of the molecule is Cc1cccc(C(=O)C2C(c3ccc(F)cc3)C(C(N)=O)N(C(=O)C3CCCCC3)C2c2cccc([N+](=O)[O-])c2)c1. The molecule has 4 unspecified atom stereocenters. The van der Waals surface area contributed by atoms with Crippen LogP contribution in [0.2, 0.25) is 0 Å². The Balaban J connectivity index is 1.76. The predicted molar refractivity (Wildman–Crippen MR) is 150 cm³/mol. The van der Waals surface area contributed by atoms with Gasteiger partial charge in [0.15, 0.2) is 5.78 Å². The summed E-state index contributed by atoms with van der Waals surface area (Å²) in [7, 11) is 0. The van der Waals surface area contributed by atoms with Gasteiger partial charge in [-0.05, 0) is 49.1 Å². The fraction of sp³-hybridized carbons (Fsp3) is 0.344. The first-order chi connectivity index (χ1) is 19.7. The standard InChI is InChI=1S/C32H32FN3O5/c1-19-7-5-11-23(17-19)30(37)27-26(20-13-15-24(33)16-14-20)29(31(34)38)35(32(39)21-8-3-2-4-9-21)28(27)22-10-6-12-25(18-22)36(40)41/h5-7,10-18,21,26-29H,2-4,8-9H2,1H3,(H2,34,38). The molecule has 4 atom stereocenters. The predicted octanol–water partition coefficient (Wildman–Crippen LogP) is 5.64. The number of non-ortho nitro benzene ring substituents is 1. The monoisotopic (exact) mass is 557 g/mol. The van der Waals surface area contributed by atoms with Gasteiger partial charge in [0.05, 0.1) is 16.9 Å². The quantitative estimate of drug-likeness (QED) is 0.229. The molecule has 1 heterocycles. The lowest BCUT2D eigenvalue weighted by Crippen LogP contribution is -2.49. The highest BCUT2D eigenvalue weighted by atomic mass is 19.1. The molecule has 3 aromatic carbocycles. The second kappa shape index (κ2) is 11.6. The average Bonchev–Trinajstić information content (AvgIpc) is 3.33. The van der Waals surface area contributed by atoms with Crippen LogP contribution in [-0.4, -0.2) is 33.5 Å². The molecule has 41 heavy (non-hydrogen) atoms. The molecule has 5 rings (SSSR count). The molecule has 1 saturated heterocycles. The van der Waals surface area contributed by atoms with Gasteiger partial charge in [-0.1, -0.05) is 67.3 Å². The maximum Gasteiger partial charge on any atom is 0.269 e.